The largest absolute Gasteiger partial charge is 0.493 e. The molecule has 1 aliphatic heterocycles. The van der Waals surface area contributed by atoms with Crippen LogP contribution in [0.5, 0.6) is 11.5 Å². The van der Waals surface area contributed by atoms with E-state index in [2.05, 4.69) is 0 Å². The number of carbonyl (C=O) groups excluding carboxylic acids is 1. The Balaban J connectivity index is 1.53. The minimum atomic E-state index is -4.41. The molecule has 0 spiro atoms. The molecule has 2 atom stereocenters. The molecule has 156 valence electrons. The van der Waals surface area contributed by atoms with Crippen molar-refractivity contribution in [1.82, 2.24) is 4.90 Å². The first kappa shape index (κ1) is 21.0. The SMILES string of the molecule is CN(C[C@H](O)COc1ccc(C(F)(F)F)cc1)C(=O)[C@@H]1CCOc2ccccc21. The van der Waals surface area contributed by atoms with E-state index in [1.807, 2.05) is 24.3 Å². The van der Waals surface area contributed by atoms with Gasteiger partial charge >= 0.3 is 6.18 Å². The van der Waals surface area contributed by atoms with Crippen LogP contribution in [0, 0.1) is 0 Å². The van der Waals surface area contributed by atoms with Gasteiger partial charge in [-0.1, -0.05) is 18.2 Å². The van der Waals surface area contributed by atoms with Crippen molar-refractivity contribution in [3.63, 3.8) is 0 Å². The highest BCUT2D eigenvalue weighted by Crippen LogP contribution is 2.34. The highest BCUT2D eigenvalue weighted by Gasteiger charge is 2.31. The van der Waals surface area contributed by atoms with Gasteiger partial charge in [-0.2, -0.15) is 13.2 Å². The number of likely N-dealkylation sites (N-methyl/N-ethyl adjacent to an activating group) is 1. The second kappa shape index (κ2) is 8.73. The molecule has 0 aliphatic carbocycles. The molecule has 3 rings (SSSR count). The molecule has 0 unspecified atom stereocenters. The summed E-state index contributed by atoms with van der Waals surface area (Å²) in [5, 5.41) is 10.2. The molecule has 5 nitrogen and oxygen atoms in total. The zero-order valence-corrected chi connectivity index (χ0v) is 15.9. The van der Waals surface area contributed by atoms with Crippen LogP contribution < -0.4 is 9.47 Å². The molecule has 0 radical (unpaired) electrons. The van der Waals surface area contributed by atoms with Crippen molar-refractivity contribution in [2.24, 2.45) is 0 Å². The molecule has 29 heavy (non-hydrogen) atoms. The van der Waals surface area contributed by atoms with Crippen molar-refractivity contribution >= 4 is 5.91 Å². The van der Waals surface area contributed by atoms with Gasteiger partial charge in [-0.3, -0.25) is 4.79 Å². The van der Waals surface area contributed by atoms with Crippen molar-refractivity contribution in [1.29, 1.82) is 0 Å². The van der Waals surface area contributed by atoms with Gasteiger partial charge in [0.05, 0.1) is 18.1 Å². The summed E-state index contributed by atoms with van der Waals surface area (Å²) in [5.74, 6) is 0.434. The molecule has 2 aromatic rings. The van der Waals surface area contributed by atoms with Crippen molar-refractivity contribution in [3.05, 3.63) is 59.7 Å². The Morgan fingerprint density at radius 1 is 1.24 bits per heavy atom. The predicted molar refractivity (Wildman–Crippen MR) is 99.9 cm³/mol. The van der Waals surface area contributed by atoms with E-state index >= 15 is 0 Å². The number of halogens is 3. The lowest BCUT2D eigenvalue weighted by molar-refractivity contribution is -0.137. The maximum absolute atomic E-state index is 12.8. The van der Waals surface area contributed by atoms with E-state index in [1.54, 1.807) is 7.05 Å². The van der Waals surface area contributed by atoms with Gasteiger partial charge in [0.15, 0.2) is 0 Å². The third kappa shape index (κ3) is 5.20. The molecule has 0 fully saturated rings. The molecule has 0 aromatic heterocycles. The van der Waals surface area contributed by atoms with Gasteiger partial charge in [-0.25, -0.2) is 0 Å². The van der Waals surface area contributed by atoms with E-state index in [0.717, 1.165) is 17.7 Å². The molecule has 2 aromatic carbocycles. The van der Waals surface area contributed by atoms with Gasteiger partial charge in [0.2, 0.25) is 5.91 Å². The fraction of sp³-hybridized carbons (Fsp3) is 0.381. The zero-order valence-electron chi connectivity index (χ0n) is 15.9. The maximum atomic E-state index is 12.8. The fourth-order valence-corrected chi connectivity index (χ4v) is 3.26. The van der Waals surface area contributed by atoms with Crippen LogP contribution in [0.4, 0.5) is 13.2 Å². The van der Waals surface area contributed by atoms with E-state index in [1.165, 1.54) is 17.0 Å². The van der Waals surface area contributed by atoms with Crippen molar-refractivity contribution in [2.75, 3.05) is 26.8 Å². The molecule has 0 saturated carbocycles. The summed E-state index contributed by atoms with van der Waals surface area (Å²) in [6.45, 7) is 0.340. The molecule has 0 bridgehead atoms. The zero-order chi connectivity index (χ0) is 21.0. The minimum Gasteiger partial charge on any atom is -0.493 e. The van der Waals surface area contributed by atoms with Crippen LogP contribution in [0.2, 0.25) is 0 Å². The first-order valence-corrected chi connectivity index (χ1v) is 9.20. The number of fused-ring (bicyclic) bond motifs is 1. The van der Waals surface area contributed by atoms with E-state index in [9.17, 15) is 23.1 Å². The van der Waals surface area contributed by atoms with Crippen LogP contribution in [-0.4, -0.2) is 48.8 Å². The molecule has 1 amide bonds. The predicted octanol–water partition coefficient (Wildman–Crippen LogP) is 3.47. The quantitative estimate of drug-likeness (QED) is 0.794. The number of alkyl halides is 3. The summed E-state index contributed by atoms with van der Waals surface area (Å²) in [7, 11) is 1.60. The summed E-state index contributed by atoms with van der Waals surface area (Å²) in [6.07, 6.45) is -4.84. The number of nitrogens with zero attached hydrogens (tertiary/aromatic N) is 1. The van der Waals surface area contributed by atoms with Crippen molar-refractivity contribution < 1.29 is 32.5 Å². The Kier molecular flexibility index (Phi) is 6.32. The molecule has 1 N–H and O–H groups in total. The van der Waals surface area contributed by atoms with Gasteiger partial charge in [-0.05, 0) is 36.8 Å². The van der Waals surface area contributed by atoms with Crippen LogP contribution in [-0.2, 0) is 11.0 Å². The Morgan fingerprint density at radius 2 is 1.93 bits per heavy atom. The first-order chi connectivity index (χ1) is 13.8. The second-order valence-corrected chi connectivity index (χ2v) is 6.93. The number of amides is 1. The van der Waals surface area contributed by atoms with Gasteiger partial charge in [0.25, 0.3) is 0 Å². The van der Waals surface area contributed by atoms with Crippen LogP contribution in [0.15, 0.2) is 48.5 Å². The van der Waals surface area contributed by atoms with Crippen molar-refractivity contribution in [3.8, 4) is 11.5 Å². The van der Waals surface area contributed by atoms with E-state index < -0.39 is 17.8 Å². The highest BCUT2D eigenvalue weighted by atomic mass is 19.4. The smallest absolute Gasteiger partial charge is 0.416 e. The number of hydrogen-bond acceptors (Lipinski definition) is 4. The number of para-hydroxylation sites is 1. The van der Waals surface area contributed by atoms with Crippen LogP contribution in [0.3, 0.4) is 0 Å². The lowest BCUT2D eigenvalue weighted by Gasteiger charge is -2.29. The number of rotatable bonds is 6. The maximum Gasteiger partial charge on any atom is 0.416 e. The summed E-state index contributed by atoms with van der Waals surface area (Å²) >= 11 is 0. The van der Waals surface area contributed by atoms with E-state index in [-0.39, 0.29) is 30.7 Å². The molecule has 0 saturated heterocycles. The Hall–Kier alpha value is -2.74. The number of ether oxygens (including phenoxy) is 2. The number of carbonyl (C=O) groups is 1. The number of benzene rings is 2. The van der Waals surface area contributed by atoms with Gasteiger partial charge in [-0.15, -0.1) is 0 Å². The third-order valence-electron chi connectivity index (χ3n) is 4.74. The summed E-state index contributed by atoms with van der Waals surface area (Å²) in [6, 6.07) is 11.6. The fourth-order valence-electron chi connectivity index (χ4n) is 3.26. The third-order valence-corrected chi connectivity index (χ3v) is 4.74. The minimum absolute atomic E-state index is 0.0407. The van der Waals surface area contributed by atoms with Gasteiger partial charge < -0.3 is 19.5 Å². The average Bonchev–Trinajstić information content (AvgIpc) is 2.71. The summed E-state index contributed by atoms with van der Waals surface area (Å²) in [5.41, 5.74) is 0.0542. The number of hydrogen-bond donors (Lipinski definition) is 1. The van der Waals surface area contributed by atoms with Crippen LogP contribution in [0.25, 0.3) is 0 Å². The first-order valence-electron chi connectivity index (χ1n) is 9.20. The average molecular weight is 409 g/mol. The lowest BCUT2D eigenvalue weighted by atomic mass is 9.92. The lowest BCUT2D eigenvalue weighted by Crippen LogP contribution is -2.40. The number of aliphatic hydroxyl groups excluding tert-OH is 1. The molecule has 1 aliphatic rings. The Labute approximate surface area is 166 Å². The Morgan fingerprint density at radius 3 is 2.62 bits per heavy atom. The summed E-state index contributed by atoms with van der Waals surface area (Å²) < 4.78 is 48.6. The highest BCUT2D eigenvalue weighted by molar-refractivity contribution is 5.84. The van der Waals surface area contributed by atoms with E-state index in [4.69, 9.17) is 9.47 Å². The molecular weight excluding hydrogens is 387 g/mol. The van der Waals surface area contributed by atoms with Gasteiger partial charge in [0.1, 0.15) is 24.2 Å². The normalized spacial score (nSPS) is 17.1. The number of aliphatic hydroxyl groups is 1. The standard InChI is InChI=1S/C21H22F3NO4/c1-25(20(27)18-10-11-28-19-5-3-2-4-17(18)19)12-15(26)13-29-16-8-6-14(7-9-16)21(22,23)24/h2-9,15,18,26H,10-13H2,1H3/t15-,18+/m0/s1. The molecule has 1 heterocycles. The van der Waals surface area contributed by atoms with Gasteiger partial charge in [0, 0.05) is 19.2 Å². The van der Waals surface area contributed by atoms with Crippen LogP contribution >= 0.6 is 0 Å². The van der Waals surface area contributed by atoms with E-state index in [0.29, 0.717) is 18.8 Å². The Bertz CT molecular complexity index is 839. The summed E-state index contributed by atoms with van der Waals surface area (Å²) in [4.78, 5) is 14.3. The molecule has 8 heteroatoms. The van der Waals surface area contributed by atoms with Crippen molar-refractivity contribution in [2.45, 2.75) is 24.6 Å². The topological polar surface area (TPSA) is 59.0 Å². The van der Waals surface area contributed by atoms with Crippen LogP contribution in [0.1, 0.15) is 23.5 Å². The second-order valence-electron chi connectivity index (χ2n) is 6.93. The molecular formula is C21H22F3NO4. The monoisotopic (exact) mass is 409 g/mol.